The molecule has 102 valence electrons. The quantitative estimate of drug-likeness (QED) is 0.790. The van der Waals surface area contributed by atoms with Gasteiger partial charge in [0.2, 0.25) is 0 Å². The molecule has 0 aliphatic rings. The number of aliphatic hydroxyl groups excluding tert-OH is 1. The predicted molar refractivity (Wildman–Crippen MR) is 78.3 cm³/mol. The van der Waals surface area contributed by atoms with Crippen LogP contribution in [0.15, 0.2) is 48.8 Å². The predicted octanol–water partition coefficient (Wildman–Crippen LogP) is 2.73. The number of pyridine rings is 1. The maximum absolute atomic E-state index is 10.4. The summed E-state index contributed by atoms with van der Waals surface area (Å²) in [5, 5.41) is 11.4. The molecule has 0 bridgehead atoms. The minimum atomic E-state index is -0.632. The first-order chi connectivity index (χ1) is 9.78. The van der Waals surface area contributed by atoms with Crippen molar-refractivity contribution >= 4 is 10.9 Å². The highest BCUT2D eigenvalue weighted by molar-refractivity contribution is 5.78. The molecule has 1 N–H and O–H groups in total. The highest BCUT2D eigenvalue weighted by Gasteiger charge is 2.13. The van der Waals surface area contributed by atoms with Crippen LogP contribution in [0.25, 0.3) is 10.9 Å². The van der Waals surface area contributed by atoms with Crippen LogP contribution >= 0.6 is 0 Å². The van der Waals surface area contributed by atoms with Crippen molar-refractivity contribution < 1.29 is 5.11 Å². The number of imidazole rings is 1. The summed E-state index contributed by atoms with van der Waals surface area (Å²) in [6, 6.07) is 11.8. The fraction of sp³-hybridized carbons (Fsp3) is 0.250. The van der Waals surface area contributed by atoms with Crippen molar-refractivity contribution in [1.82, 2.24) is 14.5 Å². The number of nitrogens with zero attached hydrogens (tertiary/aromatic N) is 3. The van der Waals surface area contributed by atoms with Crippen molar-refractivity contribution in [2.75, 3.05) is 0 Å². The Bertz CT molecular complexity index is 720. The van der Waals surface area contributed by atoms with Gasteiger partial charge in [-0.25, -0.2) is 4.98 Å². The first-order valence-corrected chi connectivity index (χ1v) is 6.81. The molecule has 0 radical (unpaired) electrons. The van der Waals surface area contributed by atoms with Crippen LogP contribution in [0.4, 0.5) is 0 Å². The normalized spacial score (nSPS) is 12.7. The van der Waals surface area contributed by atoms with Crippen LogP contribution in [-0.2, 0) is 13.0 Å². The Labute approximate surface area is 117 Å². The summed E-state index contributed by atoms with van der Waals surface area (Å²) in [6.45, 7) is 2.92. The molecule has 0 aliphatic heterocycles. The average molecular weight is 267 g/mol. The Morgan fingerprint density at radius 3 is 2.90 bits per heavy atom. The minimum absolute atomic E-state index is 0.478. The SMILES string of the molecule is CCn1ccnc1CC(O)c1ccc2ccccc2n1. The van der Waals surface area contributed by atoms with Gasteiger partial charge in [-0.2, -0.15) is 0 Å². The molecule has 1 atom stereocenters. The summed E-state index contributed by atoms with van der Waals surface area (Å²) in [6.07, 6.45) is 3.54. The molecule has 2 heterocycles. The highest BCUT2D eigenvalue weighted by atomic mass is 16.3. The second kappa shape index (κ2) is 5.43. The van der Waals surface area contributed by atoms with Gasteiger partial charge >= 0.3 is 0 Å². The van der Waals surface area contributed by atoms with E-state index in [0.29, 0.717) is 12.1 Å². The van der Waals surface area contributed by atoms with Gasteiger partial charge < -0.3 is 9.67 Å². The average Bonchev–Trinajstić information content (AvgIpc) is 2.94. The Morgan fingerprint density at radius 2 is 2.05 bits per heavy atom. The molecule has 3 rings (SSSR count). The van der Waals surface area contributed by atoms with Gasteiger partial charge in [-0.15, -0.1) is 0 Å². The summed E-state index contributed by atoms with van der Waals surface area (Å²) in [7, 11) is 0. The Hall–Kier alpha value is -2.20. The molecule has 0 amide bonds. The van der Waals surface area contributed by atoms with Gasteiger partial charge in [-0.05, 0) is 19.1 Å². The molecule has 0 saturated carbocycles. The zero-order chi connectivity index (χ0) is 13.9. The van der Waals surface area contributed by atoms with Gasteiger partial charge in [0.1, 0.15) is 11.9 Å². The van der Waals surface area contributed by atoms with Gasteiger partial charge in [0.05, 0.1) is 11.2 Å². The van der Waals surface area contributed by atoms with E-state index in [9.17, 15) is 5.11 Å². The number of para-hydroxylation sites is 1. The molecule has 1 aromatic carbocycles. The molecule has 0 spiro atoms. The van der Waals surface area contributed by atoms with Gasteiger partial charge in [0.15, 0.2) is 0 Å². The lowest BCUT2D eigenvalue weighted by Crippen LogP contribution is -2.09. The van der Waals surface area contributed by atoms with E-state index in [-0.39, 0.29) is 0 Å². The smallest absolute Gasteiger partial charge is 0.111 e. The zero-order valence-corrected chi connectivity index (χ0v) is 11.4. The van der Waals surface area contributed by atoms with Gasteiger partial charge in [0.25, 0.3) is 0 Å². The van der Waals surface area contributed by atoms with E-state index in [0.717, 1.165) is 23.3 Å². The highest BCUT2D eigenvalue weighted by Crippen LogP contribution is 2.19. The molecule has 0 aliphatic carbocycles. The number of benzene rings is 1. The molecular formula is C16H17N3O. The van der Waals surface area contributed by atoms with E-state index in [1.807, 2.05) is 47.2 Å². The standard InChI is InChI=1S/C16H17N3O/c1-2-19-10-9-17-16(19)11-15(20)14-8-7-12-5-3-4-6-13(12)18-14/h3-10,15,20H,2,11H2,1H3. The van der Waals surface area contributed by atoms with Crippen molar-refractivity contribution in [2.45, 2.75) is 26.0 Å². The third kappa shape index (κ3) is 2.42. The fourth-order valence-corrected chi connectivity index (χ4v) is 2.36. The molecule has 3 aromatic rings. The van der Waals surface area contributed by atoms with Crippen LogP contribution in [0.1, 0.15) is 24.5 Å². The summed E-state index contributed by atoms with van der Waals surface area (Å²) in [5.41, 5.74) is 1.59. The number of fused-ring (bicyclic) bond motifs is 1. The van der Waals surface area contributed by atoms with Crippen LogP contribution < -0.4 is 0 Å². The molecule has 1 unspecified atom stereocenters. The Morgan fingerprint density at radius 1 is 1.20 bits per heavy atom. The van der Waals surface area contributed by atoms with Crippen LogP contribution in [0, 0.1) is 0 Å². The molecule has 0 saturated heterocycles. The van der Waals surface area contributed by atoms with Crippen molar-refractivity contribution in [3.63, 3.8) is 0 Å². The van der Waals surface area contributed by atoms with Crippen LogP contribution in [-0.4, -0.2) is 19.6 Å². The fourth-order valence-electron chi connectivity index (χ4n) is 2.36. The van der Waals surface area contributed by atoms with Crippen molar-refractivity contribution in [2.24, 2.45) is 0 Å². The van der Waals surface area contributed by atoms with Crippen molar-refractivity contribution in [3.8, 4) is 0 Å². The molecule has 4 heteroatoms. The van der Waals surface area contributed by atoms with Crippen molar-refractivity contribution in [1.29, 1.82) is 0 Å². The van der Waals surface area contributed by atoms with E-state index in [1.165, 1.54) is 0 Å². The van der Waals surface area contributed by atoms with Crippen LogP contribution in [0.2, 0.25) is 0 Å². The Balaban J connectivity index is 1.86. The number of aromatic nitrogens is 3. The number of aliphatic hydroxyl groups is 1. The molecule has 4 nitrogen and oxygen atoms in total. The first kappa shape index (κ1) is 12.8. The number of hydrogen-bond acceptors (Lipinski definition) is 3. The second-order valence-corrected chi connectivity index (χ2v) is 4.78. The lowest BCUT2D eigenvalue weighted by Gasteiger charge is -2.11. The summed E-state index contributed by atoms with van der Waals surface area (Å²) < 4.78 is 2.03. The largest absolute Gasteiger partial charge is 0.386 e. The third-order valence-electron chi connectivity index (χ3n) is 3.48. The number of rotatable bonds is 4. The second-order valence-electron chi connectivity index (χ2n) is 4.78. The number of aryl methyl sites for hydroxylation is 1. The van der Waals surface area contributed by atoms with E-state index in [2.05, 4.69) is 16.9 Å². The summed E-state index contributed by atoms with van der Waals surface area (Å²) in [5.74, 6) is 0.884. The first-order valence-electron chi connectivity index (χ1n) is 6.81. The monoisotopic (exact) mass is 267 g/mol. The molecule has 20 heavy (non-hydrogen) atoms. The number of hydrogen-bond donors (Lipinski definition) is 1. The lowest BCUT2D eigenvalue weighted by molar-refractivity contribution is 0.170. The molecule has 2 aromatic heterocycles. The van der Waals surface area contributed by atoms with Gasteiger partial charge in [-0.1, -0.05) is 24.3 Å². The minimum Gasteiger partial charge on any atom is -0.386 e. The van der Waals surface area contributed by atoms with E-state index in [4.69, 9.17) is 0 Å². The lowest BCUT2D eigenvalue weighted by atomic mass is 10.1. The van der Waals surface area contributed by atoms with E-state index >= 15 is 0 Å². The zero-order valence-electron chi connectivity index (χ0n) is 11.4. The molecular weight excluding hydrogens is 250 g/mol. The maximum atomic E-state index is 10.4. The third-order valence-corrected chi connectivity index (χ3v) is 3.48. The van der Waals surface area contributed by atoms with E-state index < -0.39 is 6.10 Å². The van der Waals surface area contributed by atoms with Crippen LogP contribution in [0.3, 0.4) is 0 Å². The van der Waals surface area contributed by atoms with Crippen LogP contribution in [0.5, 0.6) is 0 Å². The molecule has 0 fully saturated rings. The van der Waals surface area contributed by atoms with E-state index in [1.54, 1.807) is 6.20 Å². The topological polar surface area (TPSA) is 50.9 Å². The van der Waals surface area contributed by atoms with Crippen molar-refractivity contribution in [3.05, 3.63) is 60.3 Å². The summed E-state index contributed by atoms with van der Waals surface area (Å²) >= 11 is 0. The summed E-state index contributed by atoms with van der Waals surface area (Å²) in [4.78, 5) is 8.81. The van der Waals surface area contributed by atoms with Gasteiger partial charge in [0, 0.05) is 30.7 Å². The Kier molecular flexibility index (Phi) is 3.48. The maximum Gasteiger partial charge on any atom is 0.111 e. The van der Waals surface area contributed by atoms with Gasteiger partial charge in [-0.3, -0.25) is 4.98 Å².